The van der Waals surface area contributed by atoms with Crippen molar-refractivity contribution in [3.8, 4) is 11.3 Å². The lowest BCUT2D eigenvalue weighted by Gasteiger charge is -2.20. The summed E-state index contributed by atoms with van der Waals surface area (Å²) in [6.45, 7) is 1.65. The number of carbonyl (C=O) groups is 2. The molecule has 0 spiro atoms. The number of benzene rings is 3. The van der Waals surface area contributed by atoms with Gasteiger partial charge in [0.15, 0.2) is 0 Å². The summed E-state index contributed by atoms with van der Waals surface area (Å²) in [5.41, 5.74) is 4.67. The SMILES string of the molecule is CN(C)C1CCN(C(=O)c2ccc(Nc3ncc4c(n3)-c3ccc(Cl)cc3C(c3c(F)cccc3C(=O)I)=NC4)cc2)C1. The van der Waals surface area contributed by atoms with Crippen LogP contribution in [0.3, 0.4) is 0 Å². The van der Waals surface area contributed by atoms with Crippen LogP contribution in [0.4, 0.5) is 16.0 Å². The number of nitrogens with one attached hydrogen (secondary N) is 1. The first-order valence-electron chi connectivity index (χ1n) is 13.7. The number of nitrogens with zero attached hydrogens (tertiary/aromatic N) is 5. The quantitative estimate of drug-likeness (QED) is 0.185. The number of likely N-dealkylation sites (N-methyl/N-ethyl adjacent to an activating group) is 1. The van der Waals surface area contributed by atoms with Crippen molar-refractivity contribution < 1.29 is 14.0 Å². The first-order chi connectivity index (χ1) is 20.7. The van der Waals surface area contributed by atoms with Crippen LogP contribution in [0.5, 0.6) is 0 Å². The van der Waals surface area contributed by atoms with Crippen LogP contribution in [-0.2, 0) is 6.54 Å². The number of carbonyl (C=O) groups excluding carboxylic acids is 2. The second-order valence-electron chi connectivity index (χ2n) is 10.7. The molecule has 8 nitrogen and oxygen atoms in total. The first kappa shape index (κ1) is 29.3. The van der Waals surface area contributed by atoms with Gasteiger partial charge in [-0.2, -0.15) is 0 Å². The van der Waals surface area contributed by atoms with Gasteiger partial charge in [0.25, 0.3) is 5.91 Å². The van der Waals surface area contributed by atoms with E-state index < -0.39 is 5.82 Å². The molecular weight excluding hydrogens is 682 g/mol. The van der Waals surface area contributed by atoms with E-state index in [1.807, 2.05) is 37.2 Å². The number of aliphatic imine (C=N–C) groups is 1. The van der Waals surface area contributed by atoms with E-state index in [-0.39, 0.29) is 27.4 Å². The molecule has 6 rings (SSSR count). The molecule has 0 aliphatic carbocycles. The average molecular weight is 709 g/mol. The number of aromatic nitrogens is 2. The van der Waals surface area contributed by atoms with Crippen molar-refractivity contribution in [2.75, 3.05) is 32.5 Å². The number of rotatable bonds is 6. The zero-order valence-corrected chi connectivity index (χ0v) is 26.4. The van der Waals surface area contributed by atoms with E-state index in [9.17, 15) is 9.59 Å². The molecule has 43 heavy (non-hydrogen) atoms. The summed E-state index contributed by atoms with van der Waals surface area (Å²) in [6, 6.07) is 17.3. The van der Waals surface area contributed by atoms with Gasteiger partial charge in [0.05, 0.1) is 18.0 Å². The third kappa shape index (κ3) is 5.91. The number of amides is 1. The van der Waals surface area contributed by atoms with E-state index in [1.165, 1.54) is 12.1 Å². The minimum Gasteiger partial charge on any atom is -0.337 e. The zero-order chi connectivity index (χ0) is 30.2. The Morgan fingerprint density at radius 3 is 2.60 bits per heavy atom. The molecule has 3 aromatic carbocycles. The Kier molecular flexibility index (Phi) is 8.25. The first-order valence-corrected chi connectivity index (χ1v) is 15.2. The highest BCUT2D eigenvalue weighted by Gasteiger charge is 2.29. The fourth-order valence-electron chi connectivity index (χ4n) is 5.48. The highest BCUT2D eigenvalue weighted by molar-refractivity contribution is 14.1. The summed E-state index contributed by atoms with van der Waals surface area (Å²) >= 11 is 8.05. The van der Waals surface area contributed by atoms with Gasteiger partial charge >= 0.3 is 0 Å². The van der Waals surface area contributed by atoms with Crippen molar-refractivity contribution in [2.45, 2.75) is 19.0 Å². The Hall–Kier alpha value is -3.74. The minimum absolute atomic E-state index is 0.0190. The zero-order valence-electron chi connectivity index (χ0n) is 23.4. The largest absolute Gasteiger partial charge is 0.337 e. The maximum absolute atomic E-state index is 15.2. The summed E-state index contributed by atoms with van der Waals surface area (Å²) in [4.78, 5) is 43.5. The van der Waals surface area contributed by atoms with Crippen LogP contribution in [-0.4, -0.2) is 68.4 Å². The van der Waals surface area contributed by atoms with Gasteiger partial charge < -0.3 is 15.1 Å². The maximum Gasteiger partial charge on any atom is 0.253 e. The van der Waals surface area contributed by atoms with Gasteiger partial charge in [0.2, 0.25) is 9.74 Å². The molecule has 1 amide bonds. The van der Waals surface area contributed by atoms with Gasteiger partial charge in [-0.25, -0.2) is 14.4 Å². The van der Waals surface area contributed by atoms with Crippen LogP contribution >= 0.6 is 34.2 Å². The second kappa shape index (κ2) is 12.1. The van der Waals surface area contributed by atoms with E-state index in [2.05, 4.69) is 15.2 Å². The molecular formula is C32H27ClFIN6O2. The number of hydrogen-bond acceptors (Lipinski definition) is 7. The number of fused-ring (bicyclic) bond motifs is 3. The van der Waals surface area contributed by atoms with Crippen LogP contribution in [0, 0.1) is 5.82 Å². The third-order valence-electron chi connectivity index (χ3n) is 7.79. The lowest BCUT2D eigenvalue weighted by atomic mass is 9.93. The molecule has 2 aliphatic rings. The fraction of sp³-hybridized carbons (Fsp3) is 0.219. The fourth-order valence-corrected chi connectivity index (χ4v) is 6.10. The van der Waals surface area contributed by atoms with Crippen molar-refractivity contribution in [3.05, 3.63) is 106 Å². The van der Waals surface area contributed by atoms with E-state index in [4.69, 9.17) is 21.6 Å². The van der Waals surface area contributed by atoms with Crippen molar-refractivity contribution in [1.82, 2.24) is 19.8 Å². The summed E-state index contributed by atoms with van der Waals surface area (Å²) in [5, 5.41) is 3.67. The molecule has 1 fully saturated rings. The van der Waals surface area contributed by atoms with Gasteiger partial charge in [0, 0.05) is 92.0 Å². The standard InChI is InChI=1S/C32H27ClFIN6O2/c1-40(2)22-12-13-41(17-22)31(43)18-6-9-21(10-7-18)38-32-37-16-19-15-36-29(27-24(30(35)42)4-3-5-26(27)34)25-14-20(33)8-11-23(25)28(19)39-32/h3-11,14,16,22H,12-13,15,17H2,1-2H3,(H,37,38,39). The predicted molar refractivity (Wildman–Crippen MR) is 174 cm³/mol. The van der Waals surface area contributed by atoms with Gasteiger partial charge in [0.1, 0.15) is 5.82 Å². The Bertz CT molecular complexity index is 1780. The Morgan fingerprint density at radius 1 is 1.09 bits per heavy atom. The molecule has 1 N–H and O–H groups in total. The van der Waals surface area contributed by atoms with Crippen LogP contribution in [0.1, 0.15) is 43.8 Å². The average Bonchev–Trinajstić information content (AvgIpc) is 3.44. The maximum atomic E-state index is 15.2. The summed E-state index contributed by atoms with van der Waals surface area (Å²) < 4.78 is 14.9. The molecule has 0 saturated carbocycles. The van der Waals surface area contributed by atoms with Gasteiger partial charge in [-0.3, -0.25) is 14.6 Å². The molecule has 218 valence electrons. The number of halogens is 3. The number of hydrogen-bond donors (Lipinski definition) is 1. The van der Waals surface area contributed by atoms with Crippen molar-refractivity contribution in [1.29, 1.82) is 0 Å². The number of anilines is 2. The molecule has 1 aromatic heterocycles. The molecule has 2 aliphatic heterocycles. The second-order valence-corrected chi connectivity index (χ2v) is 12.1. The Balaban J connectivity index is 1.29. The lowest BCUT2D eigenvalue weighted by Crippen LogP contribution is -2.34. The van der Waals surface area contributed by atoms with Crippen LogP contribution in [0.15, 0.2) is 71.9 Å². The normalized spacial score (nSPS) is 15.9. The van der Waals surface area contributed by atoms with Gasteiger partial charge in [-0.1, -0.05) is 23.7 Å². The molecule has 1 atom stereocenters. The van der Waals surface area contributed by atoms with Gasteiger partial charge in [-0.15, -0.1) is 0 Å². The molecule has 1 saturated heterocycles. The third-order valence-corrected chi connectivity index (χ3v) is 8.61. The van der Waals surface area contributed by atoms with Crippen molar-refractivity contribution in [2.24, 2.45) is 4.99 Å². The van der Waals surface area contributed by atoms with Crippen LogP contribution in [0.25, 0.3) is 11.3 Å². The summed E-state index contributed by atoms with van der Waals surface area (Å²) in [7, 11) is 4.08. The Morgan fingerprint density at radius 2 is 1.88 bits per heavy atom. The van der Waals surface area contributed by atoms with Crippen LogP contribution in [0.2, 0.25) is 5.02 Å². The molecule has 3 heterocycles. The predicted octanol–water partition coefficient (Wildman–Crippen LogP) is 6.38. The lowest BCUT2D eigenvalue weighted by molar-refractivity contribution is 0.0783. The molecule has 11 heteroatoms. The monoisotopic (exact) mass is 708 g/mol. The smallest absolute Gasteiger partial charge is 0.253 e. The summed E-state index contributed by atoms with van der Waals surface area (Å²) in [5.74, 6) is -0.175. The van der Waals surface area contributed by atoms with Crippen LogP contribution < -0.4 is 5.32 Å². The number of likely N-dealkylation sites (tertiary alicyclic amines) is 1. The van der Waals surface area contributed by atoms with Crippen molar-refractivity contribution >= 4 is 61.2 Å². The minimum atomic E-state index is -0.546. The highest BCUT2D eigenvalue weighted by Crippen LogP contribution is 2.35. The van der Waals surface area contributed by atoms with E-state index in [1.54, 1.807) is 59.1 Å². The molecule has 1 unspecified atom stereocenters. The molecule has 4 aromatic rings. The van der Waals surface area contributed by atoms with Crippen molar-refractivity contribution in [3.63, 3.8) is 0 Å². The molecule has 0 bridgehead atoms. The summed E-state index contributed by atoms with van der Waals surface area (Å²) in [6.07, 6.45) is 2.65. The van der Waals surface area contributed by atoms with Gasteiger partial charge in [-0.05, 0) is 69.0 Å². The highest BCUT2D eigenvalue weighted by atomic mass is 127. The topological polar surface area (TPSA) is 90.8 Å². The van der Waals surface area contributed by atoms with E-state index >= 15 is 4.39 Å². The van der Waals surface area contributed by atoms with E-state index in [0.717, 1.165) is 30.8 Å². The van der Waals surface area contributed by atoms with E-state index in [0.29, 0.717) is 45.1 Å². The Labute approximate surface area is 267 Å². The molecule has 0 radical (unpaired) electrons.